The van der Waals surface area contributed by atoms with Crippen LogP contribution in [0.15, 0.2) is 0 Å². The number of alkyl carbamates (subject to hydrolysis) is 1. The molecule has 0 saturated carbocycles. The van der Waals surface area contributed by atoms with Gasteiger partial charge in [-0.3, -0.25) is 0 Å². The molecular weight excluding hydrogens is 918 g/mol. The monoisotopic (exact) mass is 947 g/mol. The van der Waals surface area contributed by atoms with Crippen LogP contribution in [0.5, 0.6) is 0 Å². The van der Waals surface area contributed by atoms with Crippen LogP contribution in [0.1, 0.15) is 44.9 Å². The van der Waals surface area contributed by atoms with Crippen molar-refractivity contribution in [3.8, 4) is 0 Å². The Morgan fingerprint density at radius 2 is 0.883 bits per heavy atom. The van der Waals surface area contributed by atoms with Crippen molar-refractivity contribution < 1.29 is 134 Å². The summed E-state index contributed by atoms with van der Waals surface area (Å²) in [5, 5.41) is 1.41. The van der Waals surface area contributed by atoms with Crippen molar-refractivity contribution in [3.05, 3.63) is 0 Å². The first-order valence-corrected chi connectivity index (χ1v) is 15.6. The van der Waals surface area contributed by atoms with Crippen LogP contribution < -0.4 is 16.8 Å². The predicted molar refractivity (Wildman–Crippen MR) is 147 cm³/mol. The lowest BCUT2D eigenvalue weighted by atomic mass is 9.79. The highest BCUT2D eigenvalue weighted by molar-refractivity contribution is 5.67. The van der Waals surface area contributed by atoms with Crippen LogP contribution in [0.2, 0.25) is 0 Å². The zero-order chi connectivity index (χ0) is 47.9. The summed E-state index contributed by atoms with van der Waals surface area (Å²) in [5.74, 6) is -64.6. The Morgan fingerprint density at radius 3 is 1.23 bits per heavy atom. The summed E-state index contributed by atoms with van der Waals surface area (Å²) in [5.41, 5.74) is 4.40. The molecule has 0 bridgehead atoms. The van der Waals surface area contributed by atoms with Crippen LogP contribution in [0, 0.1) is 5.92 Å². The largest absolute Gasteiger partial charge is 0.450 e. The molecule has 0 aromatic heterocycles. The fourth-order valence-electron chi connectivity index (χ4n) is 4.88. The summed E-state index contributed by atoms with van der Waals surface area (Å²) >= 11 is 0. The van der Waals surface area contributed by atoms with Crippen molar-refractivity contribution in [2.24, 2.45) is 17.4 Å². The molecule has 5 N–H and O–H groups in total. The minimum atomic E-state index is -7.45. The molecule has 0 aliphatic heterocycles. The number of amides is 3. The Balaban J connectivity index is 6.94. The van der Waals surface area contributed by atoms with Crippen LogP contribution in [-0.2, 0) is 14.2 Å². The summed E-state index contributed by atoms with van der Waals surface area (Å²) in [6.45, 7) is -5.03. The highest BCUT2D eigenvalue weighted by Crippen LogP contribution is 2.57. The quantitative estimate of drug-likeness (QED) is 0.0448. The number of carbonyl (C=O) groups excluding carboxylic acids is 3. The van der Waals surface area contributed by atoms with E-state index in [0.717, 1.165) is 0 Å². The lowest BCUT2D eigenvalue weighted by Gasteiger charge is -2.42. The van der Waals surface area contributed by atoms with E-state index in [1.807, 2.05) is 0 Å². The smallest absolute Gasteiger partial charge is 0.407 e. The molecule has 0 fully saturated rings. The van der Waals surface area contributed by atoms with E-state index in [2.05, 4.69) is 25.7 Å². The van der Waals surface area contributed by atoms with Crippen LogP contribution in [-0.4, -0.2) is 116 Å². The van der Waals surface area contributed by atoms with Gasteiger partial charge < -0.3 is 31.0 Å². The maximum atomic E-state index is 14.8. The second-order valence-electron chi connectivity index (χ2n) is 12.6. The molecule has 0 aliphatic carbocycles. The average Bonchev–Trinajstić information content (AvgIpc) is 3.06. The lowest BCUT2D eigenvalue weighted by molar-refractivity contribution is -0.358. The summed E-state index contributed by atoms with van der Waals surface area (Å²) in [6.07, 6.45) is -36.9. The van der Waals surface area contributed by atoms with E-state index in [1.165, 1.54) is 5.32 Å². The Bertz CT molecular complexity index is 1390. The Labute approximate surface area is 318 Å². The van der Waals surface area contributed by atoms with Gasteiger partial charge in [0.2, 0.25) is 0 Å². The molecule has 0 aromatic rings. The molecule has 1 atom stereocenters. The van der Waals surface area contributed by atoms with E-state index in [9.17, 15) is 120 Å². The predicted octanol–water partition coefficient (Wildman–Crippen LogP) is 9.50. The number of nitrogens with two attached hydrogens (primary N) is 2. The van der Waals surface area contributed by atoms with Gasteiger partial charge in [-0.05, 0) is 38.0 Å². The van der Waals surface area contributed by atoms with E-state index >= 15 is 0 Å². The number of hydrogen-bond acceptors (Lipinski definition) is 6. The molecule has 3 amide bonds. The van der Waals surface area contributed by atoms with Crippen molar-refractivity contribution in [1.29, 1.82) is 0 Å². The first kappa shape index (κ1) is 56.1. The third-order valence-electron chi connectivity index (χ3n) is 8.03. The van der Waals surface area contributed by atoms with Crippen LogP contribution in [0.25, 0.3) is 0 Å². The third-order valence-corrected chi connectivity index (χ3v) is 8.03. The normalized spacial score (nSPS) is 15.1. The third kappa shape index (κ3) is 12.6. The maximum Gasteiger partial charge on any atom is 0.407 e. The van der Waals surface area contributed by atoms with E-state index < -0.39 is 167 Å². The first-order valence-electron chi connectivity index (χ1n) is 15.6. The van der Waals surface area contributed by atoms with Gasteiger partial charge in [0.1, 0.15) is 5.60 Å². The second kappa shape index (κ2) is 19.5. The number of hydrogen-bond donors (Lipinski definition) is 3. The van der Waals surface area contributed by atoms with Crippen molar-refractivity contribution >= 4 is 18.3 Å². The van der Waals surface area contributed by atoms with Gasteiger partial charge in [0, 0.05) is 6.54 Å². The van der Waals surface area contributed by atoms with Crippen LogP contribution in [0.4, 0.5) is 120 Å². The van der Waals surface area contributed by atoms with Crippen molar-refractivity contribution in [3.63, 3.8) is 0 Å². The van der Waals surface area contributed by atoms with E-state index in [4.69, 9.17) is 0 Å². The van der Waals surface area contributed by atoms with Gasteiger partial charge in [-0.15, -0.1) is 0 Å². The molecule has 356 valence electrons. The van der Waals surface area contributed by atoms with Gasteiger partial charge in [0.25, 0.3) is 0 Å². The number of ether oxygens (including phenoxy) is 3. The first-order chi connectivity index (χ1) is 26.5. The van der Waals surface area contributed by atoms with E-state index in [0.29, 0.717) is 0 Å². The van der Waals surface area contributed by atoms with Gasteiger partial charge in [-0.2, -0.15) is 79.0 Å². The lowest BCUT2D eigenvalue weighted by Crippen LogP contribution is -2.63. The summed E-state index contributed by atoms with van der Waals surface area (Å²) < 4.78 is 338. The van der Waals surface area contributed by atoms with Gasteiger partial charge in [0.05, 0.1) is 19.4 Å². The van der Waals surface area contributed by atoms with Crippen LogP contribution >= 0.6 is 0 Å². The number of nitrogens with one attached hydrogen (secondary N) is 1. The van der Waals surface area contributed by atoms with Crippen molar-refractivity contribution in [2.75, 3.05) is 19.8 Å². The number of primary amides is 2. The number of alkyl halides is 24. The molecule has 9 nitrogen and oxygen atoms in total. The maximum absolute atomic E-state index is 14.8. The number of halogens is 24. The zero-order valence-corrected chi connectivity index (χ0v) is 29.1. The van der Waals surface area contributed by atoms with Crippen molar-refractivity contribution in [1.82, 2.24) is 5.32 Å². The minimum Gasteiger partial charge on any atom is -0.450 e. The molecule has 0 spiro atoms. The van der Waals surface area contributed by atoms with Gasteiger partial charge in [0.15, 0.2) is 6.61 Å². The van der Waals surface area contributed by atoms with Gasteiger partial charge in [-0.1, -0.05) is 0 Å². The number of rotatable bonds is 26. The minimum absolute atomic E-state index is 0.528. The topological polar surface area (TPSA) is 143 Å². The molecule has 0 heterocycles. The fourth-order valence-corrected chi connectivity index (χ4v) is 4.88. The standard InChI is InChI=1S/C27H29F24N3O6/c28-12(29)22(40,41)25(46,47)19(34,35)8-18(60-16(53)56,9-20(36,37)26(48,49)23(42,43)13(30)31)5-1-3-11(4-2-6-58-15(52)55)7-54-17(57)59-10-21(38,39)27(50,51)24(44,45)14(32)33/h11-14H,1-10H2,(H2,52,55)(H2,53,56)(H,54,57). The SMILES string of the molecule is NC(=O)OCCCC(CCCC(CC(F)(F)C(F)(F)C(F)(F)C(F)F)(CC(F)(F)C(F)(F)C(F)(F)C(F)F)OC(N)=O)CNC(=O)OCC(F)(F)C(F)(F)C(F)(F)C(F)F. The molecule has 0 rings (SSSR count). The summed E-state index contributed by atoms with van der Waals surface area (Å²) in [6, 6.07) is 0. The van der Waals surface area contributed by atoms with Gasteiger partial charge >= 0.3 is 90.9 Å². The average molecular weight is 947 g/mol. The Hall–Kier alpha value is -3.87. The Morgan fingerprint density at radius 1 is 0.517 bits per heavy atom. The molecule has 0 aliphatic rings. The molecule has 1 unspecified atom stereocenters. The van der Waals surface area contributed by atoms with Crippen molar-refractivity contribution in [2.45, 2.75) is 123 Å². The van der Waals surface area contributed by atoms with Crippen LogP contribution in [0.3, 0.4) is 0 Å². The Kier molecular flexibility index (Phi) is 18.2. The molecule has 60 heavy (non-hydrogen) atoms. The summed E-state index contributed by atoms with van der Waals surface area (Å²) in [4.78, 5) is 34.3. The fraction of sp³-hybridized carbons (Fsp3) is 0.889. The summed E-state index contributed by atoms with van der Waals surface area (Å²) in [7, 11) is 0. The zero-order valence-electron chi connectivity index (χ0n) is 29.1. The van der Waals surface area contributed by atoms with E-state index in [-0.39, 0.29) is 0 Å². The molecule has 0 aromatic carbocycles. The number of carbonyl (C=O) groups is 3. The molecular formula is C27H29F24N3O6. The second-order valence-corrected chi connectivity index (χ2v) is 12.6. The molecule has 33 heteroatoms. The van der Waals surface area contributed by atoms with E-state index in [1.54, 1.807) is 0 Å². The van der Waals surface area contributed by atoms with Gasteiger partial charge in [-0.25, -0.2) is 40.7 Å². The molecule has 0 saturated heterocycles. The highest BCUT2D eigenvalue weighted by atomic mass is 19.4. The molecule has 0 radical (unpaired) electrons. The highest BCUT2D eigenvalue weighted by Gasteiger charge is 2.80.